The molecule has 0 radical (unpaired) electrons. The molecule has 3 rings (SSSR count). The highest BCUT2D eigenvalue weighted by Crippen LogP contribution is 2.27. The third kappa shape index (κ3) is 5.63. The van der Waals surface area contributed by atoms with Crippen molar-refractivity contribution in [2.75, 3.05) is 17.9 Å². The summed E-state index contributed by atoms with van der Waals surface area (Å²) in [5, 5.41) is 1.04. The van der Waals surface area contributed by atoms with Gasteiger partial charge >= 0.3 is 0 Å². The van der Waals surface area contributed by atoms with Crippen LogP contribution in [0.3, 0.4) is 0 Å². The van der Waals surface area contributed by atoms with Crippen molar-refractivity contribution in [2.24, 2.45) is 0 Å². The first kappa shape index (κ1) is 24.1. The smallest absolute Gasteiger partial charge is 0.264 e. The predicted molar refractivity (Wildman–Crippen MR) is 130 cm³/mol. The molecule has 0 aliphatic rings. The zero-order chi connectivity index (χ0) is 23.5. The molecule has 0 saturated heterocycles. The third-order valence-corrected chi connectivity index (χ3v) is 7.51. The Morgan fingerprint density at radius 3 is 1.97 bits per heavy atom. The van der Waals surface area contributed by atoms with Gasteiger partial charge in [-0.15, -0.1) is 0 Å². The van der Waals surface area contributed by atoms with E-state index in [1.54, 1.807) is 31.3 Å². The van der Waals surface area contributed by atoms with Gasteiger partial charge in [-0.2, -0.15) is 0 Å². The van der Waals surface area contributed by atoms with Crippen LogP contribution in [0.2, 0.25) is 10.0 Å². The minimum Gasteiger partial charge on any atom is -0.340 e. The molecule has 0 atom stereocenters. The van der Waals surface area contributed by atoms with Crippen molar-refractivity contribution in [2.45, 2.75) is 25.3 Å². The maximum absolute atomic E-state index is 13.5. The first-order chi connectivity index (χ1) is 15.1. The van der Waals surface area contributed by atoms with Crippen LogP contribution in [-0.4, -0.2) is 32.8 Å². The highest BCUT2D eigenvalue weighted by atomic mass is 35.5. The zero-order valence-corrected chi connectivity index (χ0v) is 20.4. The van der Waals surface area contributed by atoms with Gasteiger partial charge in [0.2, 0.25) is 5.91 Å². The molecule has 0 heterocycles. The van der Waals surface area contributed by atoms with Crippen molar-refractivity contribution in [1.82, 2.24) is 4.90 Å². The second kappa shape index (κ2) is 9.94. The number of carbonyl (C=O) groups is 1. The van der Waals surface area contributed by atoms with Crippen molar-refractivity contribution >= 4 is 44.8 Å². The average molecular weight is 491 g/mol. The van der Waals surface area contributed by atoms with Crippen LogP contribution in [0.5, 0.6) is 0 Å². The Labute approximate surface area is 199 Å². The van der Waals surface area contributed by atoms with E-state index in [1.165, 1.54) is 29.2 Å². The maximum Gasteiger partial charge on any atom is 0.264 e. The Kier molecular flexibility index (Phi) is 7.49. The number of likely N-dealkylation sites (N-methyl/N-ethyl adjacent to an activating group) is 1. The van der Waals surface area contributed by atoms with Crippen LogP contribution in [0, 0.1) is 13.8 Å². The van der Waals surface area contributed by atoms with Gasteiger partial charge in [0.1, 0.15) is 6.54 Å². The standard InChI is InChI=1S/C24H24Cl2N2O3S/c1-17-4-11-22(14-18(17)2)28(32(30,31)23-12-9-21(26)10-13-23)16-24(29)27(3)15-19-5-7-20(25)8-6-19/h4-14H,15-16H2,1-3H3. The molecule has 168 valence electrons. The van der Waals surface area contributed by atoms with Gasteiger partial charge < -0.3 is 4.90 Å². The van der Waals surface area contributed by atoms with Crippen LogP contribution in [-0.2, 0) is 21.4 Å². The number of nitrogens with zero attached hydrogens (tertiary/aromatic N) is 2. The van der Waals surface area contributed by atoms with Gasteiger partial charge in [-0.05, 0) is 79.1 Å². The summed E-state index contributed by atoms with van der Waals surface area (Å²) >= 11 is 11.9. The van der Waals surface area contributed by atoms with Gasteiger partial charge in [-0.1, -0.05) is 41.4 Å². The number of carbonyl (C=O) groups excluding carboxylic acids is 1. The summed E-state index contributed by atoms with van der Waals surface area (Å²) in [4.78, 5) is 14.6. The van der Waals surface area contributed by atoms with Crippen LogP contribution in [0.15, 0.2) is 71.6 Å². The predicted octanol–water partition coefficient (Wildman–Crippen LogP) is 5.46. The van der Waals surface area contributed by atoms with E-state index in [9.17, 15) is 13.2 Å². The Hall–Kier alpha value is -2.54. The van der Waals surface area contributed by atoms with E-state index < -0.39 is 10.0 Å². The van der Waals surface area contributed by atoms with E-state index >= 15 is 0 Å². The zero-order valence-electron chi connectivity index (χ0n) is 18.0. The number of hydrogen-bond acceptors (Lipinski definition) is 3. The van der Waals surface area contributed by atoms with Crippen molar-refractivity contribution in [3.63, 3.8) is 0 Å². The lowest BCUT2D eigenvalue weighted by atomic mass is 10.1. The van der Waals surface area contributed by atoms with Crippen molar-refractivity contribution in [3.05, 3.63) is 93.5 Å². The summed E-state index contributed by atoms with van der Waals surface area (Å²) in [5.41, 5.74) is 3.28. The molecule has 0 saturated carbocycles. The molecule has 0 spiro atoms. The van der Waals surface area contributed by atoms with E-state index in [1.807, 2.05) is 32.0 Å². The number of anilines is 1. The minimum atomic E-state index is -4.00. The summed E-state index contributed by atoms with van der Waals surface area (Å²) in [7, 11) is -2.35. The SMILES string of the molecule is Cc1ccc(N(CC(=O)N(C)Cc2ccc(Cl)cc2)S(=O)(=O)c2ccc(Cl)cc2)cc1C. The third-order valence-electron chi connectivity index (χ3n) is 5.22. The molecule has 0 N–H and O–H groups in total. The molecule has 3 aromatic rings. The number of benzene rings is 3. The molecule has 5 nitrogen and oxygen atoms in total. The summed E-state index contributed by atoms with van der Waals surface area (Å²) in [6, 6.07) is 18.4. The van der Waals surface area contributed by atoms with E-state index in [0.29, 0.717) is 22.3 Å². The molecule has 0 aliphatic heterocycles. The fourth-order valence-electron chi connectivity index (χ4n) is 3.12. The number of hydrogen-bond donors (Lipinski definition) is 0. The lowest BCUT2D eigenvalue weighted by Gasteiger charge is -2.27. The van der Waals surface area contributed by atoms with Crippen molar-refractivity contribution < 1.29 is 13.2 Å². The maximum atomic E-state index is 13.5. The molecular weight excluding hydrogens is 467 g/mol. The molecule has 1 amide bonds. The largest absolute Gasteiger partial charge is 0.340 e. The Morgan fingerprint density at radius 2 is 1.41 bits per heavy atom. The van der Waals surface area contributed by atoms with Gasteiger partial charge in [-0.25, -0.2) is 8.42 Å². The second-order valence-corrected chi connectivity index (χ2v) is 10.3. The molecule has 32 heavy (non-hydrogen) atoms. The highest BCUT2D eigenvalue weighted by Gasteiger charge is 2.28. The van der Waals surface area contributed by atoms with Crippen LogP contribution in [0.1, 0.15) is 16.7 Å². The van der Waals surface area contributed by atoms with Gasteiger partial charge in [-0.3, -0.25) is 9.10 Å². The molecule has 0 unspecified atom stereocenters. The molecule has 0 fully saturated rings. The summed E-state index contributed by atoms with van der Waals surface area (Å²) < 4.78 is 28.1. The molecule has 0 aromatic heterocycles. The normalized spacial score (nSPS) is 11.3. The van der Waals surface area contributed by atoms with Crippen molar-refractivity contribution in [1.29, 1.82) is 0 Å². The number of rotatable bonds is 7. The lowest BCUT2D eigenvalue weighted by Crippen LogP contribution is -2.41. The van der Waals surface area contributed by atoms with Crippen molar-refractivity contribution in [3.8, 4) is 0 Å². The Balaban J connectivity index is 1.93. The van der Waals surface area contributed by atoms with E-state index in [4.69, 9.17) is 23.2 Å². The van der Waals surface area contributed by atoms with E-state index in [0.717, 1.165) is 21.0 Å². The summed E-state index contributed by atoms with van der Waals surface area (Å²) in [6.07, 6.45) is 0. The number of amides is 1. The summed E-state index contributed by atoms with van der Waals surface area (Å²) in [6.45, 7) is 3.85. The van der Waals surface area contributed by atoms with E-state index in [-0.39, 0.29) is 17.3 Å². The van der Waals surface area contributed by atoms with Crippen LogP contribution < -0.4 is 4.31 Å². The van der Waals surface area contributed by atoms with Gasteiger partial charge in [0.25, 0.3) is 10.0 Å². The van der Waals surface area contributed by atoms with Crippen LogP contribution in [0.25, 0.3) is 0 Å². The lowest BCUT2D eigenvalue weighted by molar-refractivity contribution is -0.128. The topological polar surface area (TPSA) is 57.7 Å². The van der Waals surface area contributed by atoms with Crippen LogP contribution in [0.4, 0.5) is 5.69 Å². The fraction of sp³-hybridized carbons (Fsp3) is 0.208. The first-order valence-corrected chi connectivity index (χ1v) is 12.1. The number of aryl methyl sites for hydroxylation is 2. The molecular formula is C24H24Cl2N2O3S. The number of halogens is 2. The summed E-state index contributed by atoms with van der Waals surface area (Å²) in [5.74, 6) is -0.337. The highest BCUT2D eigenvalue weighted by molar-refractivity contribution is 7.92. The molecule has 3 aromatic carbocycles. The Bertz CT molecular complexity index is 1210. The average Bonchev–Trinajstić information content (AvgIpc) is 2.75. The minimum absolute atomic E-state index is 0.0632. The van der Waals surface area contributed by atoms with Crippen LogP contribution >= 0.6 is 23.2 Å². The quantitative estimate of drug-likeness (QED) is 0.441. The monoisotopic (exact) mass is 490 g/mol. The Morgan fingerprint density at radius 1 is 0.844 bits per heavy atom. The fourth-order valence-corrected chi connectivity index (χ4v) is 4.78. The van der Waals surface area contributed by atoms with Gasteiger partial charge in [0.15, 0.2) is 0 Å². The first-order valence-electron chi connectivity index (χ1n) is 9.92. The number of sulfonamides is 1. The molecule has 0 aliphatic carbocycles. The molecule has 8 heteroatoms. The van der Waals surface area contributed by atoms with Gasteiger partial charge in [0, 0.05) is 23.6 Å². The van der Waals surface area contributed by atoms with Gasteiger partial charge in [0.05, 0.1) is 10.6 Å². The van der Waals surface area contributed by atoms with E-state index in [2.05, 4.69) is 0 Å². The second-order valence-electron chi connectivity index (χ2n) is 7.61. The molecule has 0 bridgehead atoms.